The van der Waals surface area contributed by atoms with Crippen LogP contribution in [0.1, 0.15) is 33.1 Å². The molecule has 0 bridgehead atoms. The van der Waals surface area contributed by atoms with Gasteiger partial charge in [-0.05, 0) is 31.7 Å². The lowest BCUT2D eigenvalue weighted by molar-refractivity contribution is -0.149. The van der Waals surface area contributed by atoms with Crippen LogP contribution >= 0.6 is 0 Å². The summed E-state index contributed by atoms with van der Waals surface area (Å²) in [6.45, 7) is 8.59. The van der Waals surface area contributed by atoms with Crippen LogP contribution in [0.25, 0.3) is 0 Å². The molecule has 0 amide bonds. The summed E-state index contributed by atoms with van der Waals surface area (Å²) in [7, 11) is 0. The first-order valence-electron chi connectivity index (χ1n) is 6.58. The van der Waals surface area contributed by atoms with Gasteiger partial charge < -0.3 is 9.84 Å². The van der Waals surface area contributed by atoms with Crippen molar-refractivity contribution >= 4 is 0 Å². The van der Waals surface area contributed by atoms with Crippen molar-refractivity contribution in [2.45, 2.75) is 39.2 Å². The number of aliphatic hydroxyl groups excluding tert-OH is 1. The molecule has 0 spiro atoms. The molecule has 2 aliphatic rings. The van der Waals surface area contributed by atoms with E-state index in [2.05, 4.69) is 18.7 Å². The molecule has 0 saturated carbocycles. The van der Waals surface area contributed by atoms with Crippen molar-refractivity contribution in [1.82, 2.24) is 4.90 Å². The maximum atomic E-state index is 9.46. The normalized spacial score (nSPS) is 29.6. The van der Waals surface area contributed by atoms with Crippen molar-refractivity contribution < 1.29 is 9.84 Å². The quantitative estimate of drug-likeness (QED) is 0.772. The average Bonchev–Trinajstić information content (AvgIpc) is 2.58. The topological polar surface area (TPSA) is 32.7 Å². The molecule has 2 aliphatic heterocycles. The molecule has 0 aliphatic carbocycles. The average molecular weight is 227 g/mol. The number of likely N-dealkylation sites (tertiary alicyclic amines) is 1. The minimum atomic E-state index is 0.0551. The summed E-state index contributed by atoms with van der Waals surface area (Å²) in [6, 6.07) is 0.740. The van der Waals surface area contributed by atoms with Crippen molar-refractivity contribution in [3.63, 3.8) is 0 Å². The Bertz CT molecular complexity index is 220. The summed E-state index contributed by atoms with van der Waals surface area (Å²) in [5.41, 5.74) is 0.0551. The van der Waals surface area contributed by atoms with Gasteiger partial charge in [0.05, 0.1) is 25.2 Å². The Balaban J connectivity index is 1.87. The molecule has 3 heteroatoms. The van der Waals surface area contributed by atoms with Crippen molar-refractivity contribution in [1.29, 1.82) is 0 Å². The van der Waals surface area contributed by atoms with Crippen molar-refractivity contribution in [3.05, 3.63) is 0 Å². The number of hydrogen-bond donors (Lipinski definition) is 1. The van der Waals surface area contributed by atoms with Crippen LogP contribution < -0.4 is 0 Å². The second-order valence-corrected chi connectivity index (χ2v) is 6.05. The molecule has 1 N–H and O–H groups in total. The number of nitrogens with zero attached hydrogens (tertiary/aromatic N) is 1. The molecule has 3 nitrogen and oxygen atoms in total. The summed E-state index contributed by atoms with van der Waals surface area (Å²) in [5, 5.41) is 9.46. The zero-order valence-electron chi connectivity index (χ0n) is 10.6. The highest BCUT2D eigenvalue weighted by Crippen LogP contribution is 2.32. The monoisotopic (exact) mass is 227 g/mol. The van der Waals surface area contributed by atoms with Gasteiger partial charge in [0, 0.05) is 12.6 Å². The van der Waals surface area contributed by atoms with Gasteiger partial charge >= 0.3 is 0 Å². The predicted molar refractivity (Wildman–Crippen MR) is 64.4 cm³/mol. The fourth-order valence-electron chi connectivity index (χ4n) is 2.97. The van der Waals surface area contributed by atoms with Gasteiger partial charge in [-0.1, -0.05) is 13.8 Å². The molecule has 1 atom stereocenters. The Hall–Kier alpha value is -0.120. The third-order valence-corrected chi connectivity index (χ3v) is 3.93. The van der Waals surface area contributed by atoms with E-state index in [1.54, 1.807) is 0 Å². The predicted octanol–water partition coefficient (Wildman–Crippen LogP) is 1.51. The molecule has 0 aromatic rings. The van der Waals surface area contributed by atoms with E-state index in [1.807, 2.05) is 0 Å². The molecule has 0 aromatic heterocycles. The summed E-state index contributed by atoms with van der Waals surface area (Å²) in [6.07, 6.45) is 3.95. The largest absolute Gasteiger partial charge is 0.396 e. The summed E-state index contributed by atoms with van der Waals surface area (Å²) in [4.78, 5) is 2.58. The SMILES string of the molecule is CC(C)CC1CCCN1CC1(CO)COC1. The Morgan fingerprint density at radius 2 is 2.19 bits per heavy atom. The third-order valence-electron chi connectivity index (χ3n) is 3.93. The second-order valence-electron chi connectivity index (χ2n) is 6.05. The summed E-state index contributed by atoms with van der Waals surface area (Å²) < 4.78 is 5.27. The van der Waals surface area contributed by atoms with E-state index in [4.69, 9.17) is 4.74 Å². The molecule has 0 aromatic carbocycles. The van der Waals surface area contributed by atoms with Crippen LogP contribution in [0.5, 0.6) is 0 Å². The molecule has 2 fully saturated rings. The first-order chi connectivity index (χ1) is 7.65. The fraction of sp³-hybridized carbons (Fsp3) is 1.00. The smallest absolute Gasteiger partial charge is 0.0579 e. The minimum Gasteiger partial charge on any atom is -0.396 e. The number of aliphatic hydroxyl groups is 1. The molecular weight excluding hydrogens is 202 g/mol. The Kier molecular flexibility index (Phi) is 3.88. The van der Waals surface area contributed by atoms with Gasteiger partial charge in [0.15, 0.2) is 0 Å². The van der Waals surface area contributed by atoms with Crippen LogP contribution in [0.3, 0.4) is 0 Å². The van der Waals surface area contributed by atoms with E-state index in [1.165, 1.54) is 25.8 Å². The van der Waals surface area contributed by atoms with Crippen LogP contribution in [-0.4, -0.2) is 49.0 Å². The van der Waals surface area contributed by atoms with Gasteiger partial charge in [-0.2, -0.15) is 0 Å². The first kappa shape index (κ1) is 12.3. The van der Waals surface area contributed by atoms with Crippen LogP contribution in [0.4, 0.5) is 0 Å². The van der Waals surface area contributed by atoms with Crippen LogP contribution in [-0.2, 0) is 4.74 Å². The molecule has 2 saturated heterocycles. The minimum absolute atomic E-state index is 0.0551. The zero-order chi connectivity index (χ0) is 11.6. The van der Waals surface area contributed by atoms with Gasteiger partial charge in [0.25, 0.3) is 0 Å². The van der Waals surface area contributed by atoms with E-state index >= 15 is 0 Å². The number of ether oxygens (including phenoxy) is 1. The lowest BCUT2D eigenvalue weighted by atomic mass is 9.86. The third kappa shape index (κ3) is 2.58. The first-order valence-corrected chi connectivity index (χ1v) is 6.58. The lowest BCUT2D eigenvalue weighted by Crippen LogP contribution is -2.54. The lowest BCUT2D eigenvalue weighted by Gasteiger charge is -2.44. The molecule has 2 rings (SSSR count). The van der Waals surface area contributed by atoms with E-state index in [9.17, 15) is 5.11 Å². The van der Waals surface area contributed by atoms with Gasteiger partial charge in [0.2, 0.25) is 0 Å². The Morgan fingerprint density at radius 1 is 1.44 bits per heavy atom. The van der Waals surface area contributed by atoms with E-state index in [0.717, 1.165) is 31.7 Å². The van der Waals surface area contributed by atoms with Gasteiger partial charge in [-0.25, -0.2) is 0 Å². The van der Waals surface area contributed by atoms with Crippen molar-refractivity contribution in [3.8, 4) is 0 Å². The van der Waals surface area contributed by atoms with Crippen LogP contribution in [0.2, 0.25) is 0 Å². The number of hydrogen-bond acceptors (Lipinski definition) is 3. The molecule has 94 valence electrons. The Labute approximate surface area is 98.8 Å². The highest BCUT2D eigenvalue weighted by atomic mass is 16.5. The maximum Gasteiger partial charge on any atom is 0.0579 e. The zero-order valence-corrected chi connectivity index (χ0v) is 10.6. The van der Waals surface area contributed by atoms with Gasteiger partial charge in [0.1, 0.15) is 0 Å². The van der Waals surface area contributed by atoms with Crippen LogP contribution in [0.15, 0.2) is 0 Å². The van der Waals surface area contributed by atoms with Gasteiger partial charge in [-0.15, -0.1) is 0 Å². The molecule has 2 heterocycles. The second kappa shape index (κ2) is 5.03. The molecule has 0 radical (unpaired) electrons. The van der Waals surface area contributed by atoms with E-state index in [-0.39, 0.29) is 12.0 Å². The van der Waals surface area contributed by atoms with E-state index in [0.29, 0.717) is 0 Å². The fourth-order valence-corrected chi connectivity index (χ4v) is 2.97. The molecular formula is C13H25NO2. The summed E-state index contributed by atoms with van der Waals surface area (Å²) in [5.74, 6) is 0.772. The van der Waals surface area contributed by atoms with Crippen molar-refractivity contribution in [2.75, 3.05) is 32.9 Å². The highest BCUT2D eigenvalue weighted by Gasteiger charge is 2.41. The highest BCUT2D eigenvalue weighted by molar-refractivity contribution is 4.92. The number of rotatable bonds is 5. The molecule has 1 unspecified atom stereocenters. The standard InChI is InChI=1S/C13H25NO2/c1-11(2)6-12-4-3-5-14(12)7-13(8-15)9-16-10-13/h11-12,15H,3-10H2,1-2H3. The summed E-state index contributed by atoms with van der Waals surface area (Å²) >= 11 is 0. The van der Waals surface area contributed by atoms with Crippen LogP contribution in [0, 0.1) is 11.3 Å². The van der Waals surface area contributed by atoms with Crippen molar-refractivity contribution in [2.24, 2.45) is 11.3 Å². The molecule has 16 heavy (non-hydrogen) atoms. The Morgan fingerprint density at radius 3 is 2.69 bits per heavy atom. The van der Waals surface area contributed by atoms with Gasteiger partial charge in [-0.3, -0.25) is 4.90 Å². The maximum absolute atomic E-state index is 9.46. The van der Waals surface area contributed by atoms with E-state index < -0.39 is 0 Å².